The van der Waals surface area contributed by atoms with Gasteiger partial charge in [0.05, 0.1) is 4.47 Å². The van der Waals surface area contributed by atoms with E-state index in [2.05, 4.69) is 38.2 Å². The zero-order valence-corrected chi connectivity index (χ0v) is 16.1. The number of benzene rings is 1. The Hall–Kier alpha value is -1.14. The Bertz CT molecular complexity index is 547. The van der Waals surface area contributed by atoms with Gasteiger partial charge < -0.3 is 15.0 Å². The number of rotatable bonds is 6. The zero-order valence-electron chi connectivity index (χ0n) is 14.5. The van der Waals surface area contributed by atoms with E-state index >= 15 is 0 Å². The molecule has 0 spiro atoms. The Kier molecular flexibility index (Phi) is 7.99. The third-order valence-corrected chi connectivity index (χ3v) is 5.08. The summed E-state index contributed by atoms with van der Waals surface area (Å²) in [5, 5.41) is 3.38. The van der Waals surface area contributed by atoms with E-state index < -0.39 is 0 Å². The smallest absolute Gasteiger partial charge is 0.193 e. The largest absolute Gasteiger partial charge is 0.381 e. The number of nitrogens with one attached hydrogen (secondary N) is 1. The fourth-order valence-corrected chi connectivity index (χ4v) is 3.34. The highest BCUT2D eigenvalue weighted by molar-refractivity contribution is 9.10. The van der Waals surface area contributed by atoms with Crippen LogP contribution in [0, 0.1) is 11.7 Å². The predicted octanol–water partition coefficient (Wildman–Crippen LogP) is 3.45. The Morgan fingerprint density at radius 3 is 2.83 bits per heavy atom. The quantitative estimate of drug-likeness (QED) is 0.587. The van der Waals surface area contributed by atoms with Crippen molar-refractivity contribution in [1.82, 2.24) is 10.2 Å². The van der Waals surface area contributed by atoms with Crippen LogP contribution in [0.25, 0.3) is 0 Å². The Labute approximate surface area is 152 Å². The van der Waals surface area contributed by atoms with Gasteiger partial charge in [-0.15, -0.1) is 0 Å². The van der Waals surface area contributed by atoms with Crippen molar-refractivity contribution >= 4 is 21.9 Å². The van der Waals surface area contributed by atoms with Crippen LogP contribution >= 0.6 is 15.9 Å². The van der Waals surface area contributed by atoms with Crippen molar-refractivity contribution in [3.8, 4) is 0 Å². The van der Waals surface area contributed by atoms with Gasteiger partial charge in [-0.2, -0.15) is 0 Å². The number of hydrogen-bond acceptors (Lipinski definition) is 2. The van der Waals surface area contributed by atoms with Crippen molar-refractivity contribution in [3.63, 3.8) is 0 Å². The van der Waals surface area contributed by atoms with Crippen molar-refractivity contribution in [3.05, 3.63) is 34.1 Å². The van der Waals surface area contributed by atoms with Crippen LogP contribution < -0.4 is 5.32 Å². The highest BCUT2D eigenvalue weighted by Gasteiger charge is 2.15. The average molecular weight is 400 g/mol. The number of aliphatic imine (C=N–C) groups is 1. The fourth-order valence-electron chi connectivity index (χ4n) is 2.92. The number of guanidine groups is 1. The molecule has 4 nitrogen and oxygen atoms in total. The molecule has 1 aliphatic heterocycles. The van der Waals surface area contributed by atoms with Gasteiger partial charge in [0.1, 0.15) is 5.82 Å². The standard InChI is InChI=1S/C18H27BrFN3O/c1-21-18(23(2)10-6-14-7-11-24-12-8-14)22-9-5-15-3-4-17(20)16(19)13-15/h3-4,13-14H,5-12H2,1-2H3,(H,21,22). The zero-order chi connectivity index (χ0) is 17.4. The van der Waals surface area contributed by atoms with Gasteiger partial charge in [0.2, 0.25) is 0 Å². The molecule has 0 saturated carbocycles. The van der Waals surface area contributed by atoms with Gasteiger partial charge in [0.15, 0.2) is 5.96 Å². The van der Waals surface area contributed by atoms with Crippen molar-refractivity contribution in [2.45, 2.75) is 25.7 Å². The molecular formula is C18H27BrFN3O. The topological polar surface area (TPSA) is 36.9 Å². The molecule has 0 amide bonds. The van der Waals surface area contributed by atoms with Crippen LogP contribution in [0.2, 0.25) is 0 Å². The van der Waals surface area contributed by atoms with Crippen LogP contribution in [0.4, 0.5) is 4.39 Å². The highest BCUT2D eigenvalue weighted by atomic mass is 79.9. The van der Waals surface area contributed by atoms with E-state index in [9.17, 15) is 4.39 Å². The van der Waals surface area contributed by atoms with Crippen LogP contribution in [-0.2, 0) is 11.2 Å². The second-order valence-corrected chi connectivity index (χ2v) is 7.09. The molecule has 0 aliphatic carbocycles. The highest BCUT2D eigenvalue weighted by Crippen LogP contribution is 2.19. The van der Waals surface area contributed by atoms with Gasteiger partial charge in [-0.05, 0) is 65.2 Å². The average Bonchev–Trinajstić information content (AvgIpc) is 2.60. The van der Waals surface area contributed by atoms with E-state index in [1.54, 1.807) is 0 Å². The number of nitrogens with zero attached hydrogens (tertiary/aromatic N) is 2. The minimum absolute atomic E-state index is 0.227. The molecule has 1 saturated heterocycles. The second-order valence-electron chi connectivity index (χ2n) is 6.24. The first-order valence-electron chi connectivity index (χ1n) is 8.53. The maximum absolute atomic E-state index is 13.3. The molecule has 0 aromatic heterocycles. The first kappa shape index (κ1) is 19.2. The van der Waals surface area contributed by atoms with Crippen molar-refractivity contribution in [2.24, 2.45) is 10.9 Å². The van der Waals surface area contributed by atoms with Crippen LogP contribution in [0.1, 0.15) is 24.8 Å². The lowest BCUT2D eigenvalue weighted by Gasteiger charge is -2.26. The fraction of sp³-hybridized carbons (Fsp3) is 0.611. The first-order chi connectivity index (χ1) is 11.6. The van der Waals surface area contributed by atoms with Gasteiger partial charge in [0, 0.05) is 40.4 Å². The van der Waals surface area contributed by atoms with E-state index in [0.717, 1.165) is 50.2 Å². The minimum Gasteiger partial charge on any atom is -0.381 e. The Morgan fingerprint density at radius 1 is 1.42 bits per heavy atom. The molecule has 0 unspecified atom stereocenters. The minimum atomic E-state index is -0.227. The molecule has 1 N–H and O–H groups in total. The maximum Gasteiger partial charge on any atom is 0.193 e. The third kappa shape index (κ3) is 6.06. The number of halogens is 2. The Balaban J connectivity index is 1.73. The summed E-state index contributed by atoms with van der Waals surface area (Å²) in [6.45, 7) is 3.56. The molecule has 6 heteroatoms. The predicted molar refractivity (Wildman–Crippen MR) is 100.0 cm³/mol. The normalized spacial score (nSPS) is 16.2. The molecule has 2 rings (SSSR count). The van der Waals surface area contributed by atoms with Crippen LogP contribution in [-0.4, -0.2) is 51.3 Å². The van der Waals surface area contributed by atoms with Gasteiger partial charge in [-0.3, -0.25) is 4.99 Å². The summed E-state index contributed by atoms with van der Waals surface area (Å²) in [4.78, 5) is 6.53. The van der Waals surface area contributed by atoms with Crippen molar-refractivity contribution in [2.75, 3.05) is 40.4 Å². The lowest BCUT2D eigenvalue weighted by atomic mass is 9.96. The third-order valence-electron chi connectivity index (χ3n) is 4.47. The summed E-state index contributed by atoms with van der Waals surface area (Å²) in [5.41, 5.74) is 1.09. The lowest BCUT2D eigenvalue weighted by Crippen LogP contribution is -2.40. The number of hydrogen-bond donors (Lipinski definition) is 1. The molecule has 0 bridgehead atoms. The van der Waals surface area contributed by atoms with Crippen LogP contribution in [0.15, 0.2) is 27.7 Å². The molecule has 1 aliphatic rings. The van der Waals surface area contributed by atoms with E-state index in [1.165, 1.54) is 25.3 Å². The van der Waals surface area contributed by atoms with Crippen LogP contribution in [0.5, 0.6) is 0 Å². The van der Waals surface area contributed by atoms with Crippen molar-refractivity contribution < 1.29 is 9.13 Å². The van der Waals surface area contributed by atoms with E-state index in [1.807, 2.05) is 19.2 Å². The molecule has 0 radical (unpaired) electrons. The number of ether oxygens (including phenoxy) is 1. The van der Waals surface area contributed by atoms with Gasteiger partial charge in [0.25, 0.3) is 0 Å². The van der Waals surface area contributed by atoms with Crippen LogP contribution in [0.3, 0.4) is 0 Å². The van der Waals surface area contributed by atoms with E-state index in [-0.39, 0.29) is 5.82 Å². The van der Waals surface area contributed by atoms with E-state index in [0.29, 0.717) is 4.47 Å². The van der Waals surface area contributed by atoms with Gasteiger partial charge >= 0.3 is 0 Å². The molecule has 134 valence electrons. The summed E-state index contributed by atoms with van der Waals surface area (Å²) in [6, 6.07) is 5.14. The van der Waals surface area contributed by atoms with E-state index in [4.69, 9.17) is 4.74 Å². The summed E-state index contributed by atoms with van der Waals surface area (Å²) in [6.07, 6.45) is 4.33. The van der Waals surface area contributed by atoms with Gasteiger partial charge in [-0.1, -0.05) is 6.07 Å². The lowest BCUT2D eigenvalue weighted by molar-refractivity contribution is 0.0625. The molecule has 1 heterocycles. The summed E-state index contributed by atoms with van der Waals surface area (Å²) in [7, 11) is 3.88. The molecule has 1 fully saturated rings. The summed E-state index contributed by atoms with van der Waals surface area (Å²) >= 11 is 3.23. The molecule has 1 aromatic carbocycles. The maximum atomic E-state index is 13.3. The van der Waals surface area contributed by atoms with Crippen molar-refractivity contribution in [1.29, 1.82) is 0 Å². The second kappa shape index (κ2) is 9.99. The monoisotopic (exact) mass is 399 g/mol. The summed E-state index contributed by atoms with van der Waals surface area (Å²) in [5.74, 6) is 1.44. The molecule has 24 heavy (non-hydrogen) atoms. The van der Waals surface area contributed by atoms with Gasteiger partial charge in [-0.25, -0.2) is 4.39 Å². The SMILES string of the molecule is CN=C(NCCc1ccc(F)c(Br)c1)N(C)CCC1CCOCC1. The Morgan fingerprint density at radius 2 is 2.17 bits per heavy atom. The molecule has 1 aromatic rings. The summed E-state index contributed by atoms with van der Waals surface area (Å²) < 4.78 is 19.2. The first-order valence-corrected chi connectivity index (χ1v) is 9.33. The molecule has 0 atom stereocenters. The molecular weight excluding hydrogens is 373 g/mol.